The van der Waals surface area contributed by atoms with Crippen LogP contribution in [0.4, 0.5) is 0 Å². The van der Waals surface area contributed by atoms with E-state index in [1.165, 1.54) is 0 Å². The minimum Gasteiger partial charge on any atom is -0.496 e. The van der Waals surface area contributed by atoms with Crippen LogP contribution in [0.25, 0.3) is 22.2 Å². The van der Waals surface area contributed by atoms with Gasteiger partial charge in [-0.05, 0) is 38.1 Å². The van der Waals surface area contributed by atoms with Crippen molar-refractivity contribution in [3.63, 3.8) is 0 Å². The maximum absolute atomic E-state index is 11.9. The van der Waals surface area contributed by atoms with Gasteiger partial charge in [-0.25, -0.2) is 9.78 Å². The number of hydrogen-bond donors (Lipinski definition) is 1. The van der Waals surface area contributed by atoms with Gasteiger partial charge in [0.2, 0.25) is 0 Å². The van der Waals surface area contributed by atoms with Crippen molar-refractivity contribution in [1.29, 1.82) is 0 Å². The molecule has 0 spiro atoms. The lowest BCUT2D eigenvalue weighted by molar-refractivity contribution is 0.0699. The molecule has 27 heavy (non-hydrogen) atoms. The molecule has 1 aromatic heterocycles. The average molecular weight is 367 g/mol. The molecule has 0 amide bonds. The van der Waals surface area contributed by atoms with Crippen molar-refractivity contribution < 1.29 is 24.1 Å². The Bertz CT molecular complexity index is 984. The number of aromatic carboxylic acids is 1. The van der Waals surface area contributed by atoms with E-state index < -0.39 is 5.97 Å². The average Bonchev–Trinajstić information content (AvgIpc) is 2.68. The van der Waals surface area contributed by atoms with Gasteiger partial charge in [0.05, 0.1) is 37.1 Å². The number of aromatic nitrogens is 1. The Kier molecular flexibility index (Phi) is 5.45. The number of para-hydroxylation sites is 1. The van der Waals surface area contributed by atoms with Crippen LogP contribution < -0.4 is 14.2 Å². The predicted molar refractivity (Wildman–Crippen MR) is 103 cm³/mol. The molecular formula is C21H21NO5. The first-order chi connectivity index (χ1) is 13.1. The van der Waals surface area contributed by atoms with Crippen LogP contribution in [0.1, 0.15) is 24.2 Å². The Labute approximate surface area is 157 Å². The van der Waals surface area contributed by atoms with Crippen LogP contribution in [0, 0.1) is 0 Å². The van der Waals surface area contributed by atoms with Gasteiger partial charge >= 0.3 is 5.97 Å². The summed E-state index contributed by atoms with van der Waals surface area (Å²) in [7, 11) is 1.57. The molecule has 0 unspecified atom stereocenters. The van der Waals surface area contributed by atoms with Gasteiger partial charge in [-0.2, -0.15) is 0 Å². The van der Waals surface area contributed by atoms with E-state index in [4.69, 9.17) is 14.2 Å². The summed E-state index contributed by atoms with van der Waals surface area (Å²) in [6.45, 7) is 4.65. The van der Waals surface area contributed by atoms with Gasteiger partial charge in [0, 0.05) is 17.0 Å². The number of benzene rings is 2. The summed E-state index contributed by atoms with van der Waals surface area (Å²) in [6.07, 6.45) is 0. The summed E-state index contributed by atoms with van der Waals surface area (Å²) in [5, 5.41) is 10.2. The molecule has 0 radical (unpaired) electrons. The van der Waals surface area contributed by atoms with Crippen molar-refractivity contribution in [3.05, 3.63) is 48.0 Å². The molecule has 0 aliphatic carbocycles. The number of carboxylic acids is 1. The fourth-order valence-electron chi connectivity index (χ4n) is 2.94. The quantitative estimate of drug-likeness (QED) is 0.667. The van der Waals surface area contributed by atoms with Gasteiger partial charge in [0.15, 0.2) is 11.5 Å². The summed E-state index contributed by atoms with van der Waals surface area (Å²) >= 11 is 0. The number of carboxylic acid groups (broad SMARTS) is 1. The van der Waals surface area contributed by atoms with Gasteiger partial charge in [0.1, 0.15) is 5.75 Å². The molecule has 6 heteroatoms. The smallest absolute Gasteiger partial charge is 0.336 e. The first-order valence-electron chi connectivity index (χ1n) is 8.70. The lowest BCUT2D eigenvalue weighted by Crippen LogP contribution is -2.03. The molecule has 140 valence electrons. The second-order valence-corrected chi connectivity index (χ2v) is 5.74. The summed E-state index contributed by atoms with van der Waals surface area (Å²) in [4.78, 5) is 16.6. The largest absolute Gasteiger partial charge is 0.496 e. The van der Waals surface area contributed by atoms with Gasteiger partial charge in [-0.1, -0.05) is 12.1 Å². The summed E-state index contributed by atoms with van der Waals surface area (Å²) in [5.41, 5.74) is 1.90. The van der Waals surface area contributed by atoms with Crippen LogP contribution in [0.5, 0.6) is 17.2 Å². The molecule has 0 fully saturated rings. The molecular weight excluding hydrogens is 346 g/mol. The third-order valence-electron chi connectivity index (χ3n) is 4.09. The molecule has 0 aliphatic rings. The van der Waals surface area contributed by atoms with Crippen LogP contribution in [0.2, 0.25) is 0 Å². The summed E-state index contributed by atoms with van der Waals surface area (Å²) in [5.74, 6) is 0.621. The van der Waals surface area contributed by atoms with Crippen LogP contribution >= 0.6 is 0 Å². The number of pyridine rings is 1. The lowest BCUT2D eigenvalue weighted by Gasteiger charge is -2.14. The van der Waals surface area contributed by atoms with Gasteiger partial charge in [-0.15, -0.1) is 0 Å². The van der Waals surface area contributed by atoms with Crippen LogP contribution in [0.3, 0.4) is 0 Å². The standard InChI is InChI=1S/C21H21NO5/c1-4-26-19-11-14-15(21(23)24)10-16(13-8-6-7-9-18(13)25-3)22-17(14)12-20(19)27-5-2/h6-12H,4-5H2,1-3H3,(H,23,24). The number of carbonyl (C=O) groups is 1. The Morgan fingerprint density at radius 2 is 1.67 bits per heavy atom. The molecule has 0 saturated heterocycles. The van der Waals surface area contributed by atoms with Crippen molar-refractivity contribution in [2.45, 2.75) is 13.8 Å². The second-order valence-electron chi connectivity index (χ2n) is 5.74. The third-order valence-corrected chi connectivity index (χ3v) is 4.09. The zero-order valence-corrected chi connectivity index (χ0v) is 15.5. The van der Waals surface area contributed by atoms with Crippen molar-refractivity contribution in [2.75, 3.05) is 20.3 Å². The van der Waals surface area contributed by atoms with E-state index >= 15 is 0 Å². The number of ether oxygens (including phenoxy) is 3. The van der Waals surface area contributed by atoms with E-state index in [0.717, 1.165) is 5.56 Å². The van der Waals surface area contributed by atoms with Crippen LogP contribution in [-0.2, 0) is 0 Å². The van der Waals surface area contributed by atoms with E-state index in [1.54, 1.807) is 25.3 Å². The van der Waals surface area contributed by atoms with E-state index in [0.29, 0.717) is 47.1 Å². The highest BCUT2D eigenvalue weighted by atomic mass is 16.5. The zero-order chi connectivity index (χ0) is 19.4. The lowest BCUT2D eigenvalue weighted by atomic mass is 10.0. The molecule has 1 N–H and O–H groups in total. The minimum absolute atomic E-state index is 0.143. The first-order valence-corrected chi connectivity index (χ1v) is 8.70. The Morgan fingerprint density at radius 1 is 1.00 bits per heavy atom. The molecule has 0 bridgehead atoms. The first kappa shape index (κ1) is 18.5. The van der Waals surface area contributed by atoms with Gasteiger partial charge in [-0.3, -0.25) is 0 Å². The highest BCUT2D eigenvalue weighted by Gasteiger charge is 2.18. The van der Waals surface area contributed by atoms with Crippen molar-refractivity contribution >= 4 is 16.9 Å². The Hall–Kier alpha value is -3.28. The van der Waals surface area contributed by atoms with Crippen LogP contribution in [-0.4, -0.2) is 36.4 Å². The molecule has 0 aliphatic heterocycles. The Balaban J connectivity index is 2.29. The number of hydrogen-bond acceptors (Lipinski definition) is 5. The van der Waals surface area contributed by atoms with Gasteiger partial charge in [0.25, 0.3) is 0 Å². The second kappa shape index (κ2) is 7.95. The van der Waals surface area contributed by atoms with Crippen molar-refractivity contribution in [3.8, 4) is 28.5 Å². The number of nitrogens with zero attached hydrogens (tertiary/aromatic N) is 1. The van der Waals surface area contributed by atoms with E-state index in [-0.39, 0.29) is 5.56 Å². The zero-order valence-electron chi connectivity index (χ0n) is 15.5. The highest BCUT2D eigenvalue weighted by Crippen LogP contribution is 2.36. The fourth-order valence-corrected chi connectivity index (χ4v) is 2.94. The van der Waals surface area contributed by atoms with Crippen LogP contribution in [0.15, 0.2) is 42.5 Å². The molecule has 2 aromatic carbocycles. The number of fused-ring (bicyclic) bond motifs is 1. The number of rotatable bonds is 7. The normalized spacial score (nSPS) is 10.6. The minimum atomic E-state index is -1.04. The molecule has 1 heterocycles. The van der Waals surface area contributed by atoms with E-state index in [2.05, 4.69) is 4.98 Å². The molecule has 0 atom stereocenters. The van der Waals surface area contributed by atoms with Crippen molar-refractivity contribution in [1.82, 2.24) is 4.98 Å². The molecule has 3 rings (SSSR count). The summed E-state index contributed by atoms with van der Waals surface area (Å²) < 4.78 is 16.7. The third kappa shape index (κ3) is 3.65. The molecule has 6 nitrogen and oxygen atoms in total. The predicted octanol–water partition coefficient (Wildman–Crippen LogP) is 4.41. The van der Waals surface area contributed by atoms with Crippen molar-refractivity contribution in [2.24, 2.45) is 0 Å². The summed E-state index contributed by atoms with van der Waals surface area (Å²) in [6, 6.07) is 12.3. The Morgan fingerprint density at radius 3 is 2.30 bits per heavy atom. The number of methoxy groups -OCH3 is 1. The topological polar surface area (TPSA) is 77.9 Å². The monoisotopic (exact) mass is 367 g/mol. The van der Waals surface area contributed by atoms with E-state index in [1.807, 2.05) is 38.1 Å². The van der Waals surface area contributed by atoms with Gasteiger partial charge < -0.3 is 19.3 Å². The SMILES string of the molecule is CCOc1cc2nc(-c3ccccc3OC)cc(C(=O)O)c2cc1OCC. The molecule has 0 saturated carbocycles. The maximum atomic E-state index is 11.9. The fraction of sp³-hybridized carbons (Fsp3) is 0.238. The maximum Gasteiger partial charge on any atom is 0.336 e. The highest BCUT2D eigenvalue weighted by molar-refractivity contribution is 6.04. The molecule has 3 aromatic rings. The van der Waals surface area contributed by atoms with E-state index in [9.17, 15) is 9.90 Å².